The Hall–Kier alpha value is -1.93. The van der Waals surface area contributed by atoms with Gasteiger partial charge >= 0.3 is 6.09 Å². The number of rotatable bonds is 6. The molecule has 1 N–H and O–H groups in total. The molecule has 1 saturated heterocycles. The van der Waals surface area contributed by atoms with Crippen molar-refractivity contribution in [2.75, 3.05) is 13.2 Å². The number of hydrogen-bond acceptors (Lipinski definition) is 5. The Morgan fingerprint density at radius 3 is 2.45 bits per heavy atom. The van der Waals surface area contributed by atoms with Gasteiger partial charge in [0.15, 0.2) is 6.61 Å². The van der Waals surface area contributed by atoms with Crippen molar-refractivity contribution in [3.05, 3.63) is 35.9 Å². The Bertz CT molecular complexity index is 668. The SMILES string of the molecule is O=C1COC(=O)N1CC(NS(=O)(=O)C1CC1)c1ccccc1. The lowest BCUT2D eigenvalue weighted by molar-refractivity contribution is -0.126. The van der Waals surface area contributed by atoms with Crippen molar-refractivity contribution >= 4 is 22.0 Å². The number of carbonyl (C=O) groups is 2. The molecular formula is C14H16N2O5S. The molecule has 8 heteroatoms. The average Bonchev–Trinajstić information content (AvgIpc) is 3.30. The summed E-state index contributed by atoms with van der Waals surface area (Å²) in [6.07, 6.45) is 0.542. The van der Waals surface area contributed by atoms with E-state index < -0.39 is 28.1 Å². The summed E-state index contributed by atoms with van der Waals surface area (Å²) in [5, 5.41) is -0.375. The summed E-state index contributed by atoms with van der Waals surface area (Å²) in [5.41, 5.74) is 0.694. The van der Waals surface area contributed by atoms with Gasteiger partial charge in [0.2, 0.25) is 10.0 Å². The molecule has 3 rings (SSSR count). The number of sulfonamides is 1. The fourth-order valence-corrected chi connectivity index (χ4v) is 3.87. The number of benzene rings is 1. The normalized spacial score (nSPS) is 20.1. The highest BCUT2D eigenvalue weighted by Gasteiger charge is 2.39. The minimum atomic E-state index is -3.45. The summed E-state index contributed by atoms with van der Waals surface area (Å²) in [5.74, 6) is -0.462. The second kappa shape index (κ2) is 5.69. The molecule has 1 aromatic rings. The largest absolute Gasteiger partial charge is 0.439 e. The van der Waals surface area contributed by atoms with Crippen LogP contribution < -0.4 is 4.72 Å². The predicted molar refractivity (Wildman–Crippen MR) is 77.3 cm³/mol. The predicted octanol–water partition coefficient (Wildman–Crippen LogP) is 0.788. The molecule has 1 aliphatic carbocycles. The standard InChI is InChI=1S/C14H16N2O5S/c17-13-9-21-14(18)16(13)8-12(10-4-2-1-3-5-10)15-22(19,20)11-6-7-11/h1-5,11-12,15H,6-9H2. The van der Waals surface area contributed by atoms with Crippen molar-refractivity contribution in [1.29, 1.82) is 0 Å². The maximum Gasteiger partial charge on any atom is 0.417 e. The average molecular weight is 324 g/mol. The molecule has 1 heterocycles. The van der Waals surface area contributed by atoms with Gasteiger partial charge in [0.25, 0.3) is 5.91 Å². The minimum absolute atomic E-state index is 0.0758. The molecule has 1 saturated carbocycles. The molecule has 0 radical (unpaired) electrons. The van der Waals surface area contributed by atoms with E-state index in [2.05, 4.69) is 9.46 Å². The molecule has 2 fully saturated rings. The van der Waals surface area contributed by atoms with Crippen molar-refractivity contribution in [2.45, 2.75) is 24.1 Å². The van der Waals surface area contributed by atoms with Crippen LogP contribution in [-0.4, -0.2) is 43.7 Å². The van der Waals surface area contributed by atoms with Gasteiger partial charge in [0.05, 0.1) is 17.8 Å². The second-order valence-corrected chi connectivity index (χ2v) is 7.38. The van der Waals surface area contributed by atoms with Gasteiger partial charge < -0.3 is 4.74 Å². The molecule has 1 aliphatic heterocycles. The van der Waals surface area contributed by atoms with E-state index in [0.717, 1.165) is 4.90 Å². The van der Waals surface area contributed by atoms with Crippen LogP contribution in [0.15, 0.2) is 30.3 Å². The number of hydrogen-bond donors (Lipinski definition) is 1. The zero-order valence-electron chi connectivity index (χ0n) is 11.8. The number of nitrogens with zero attached hydrogens (tertiary/aromatic N) is 1. The first-order valence-corrected chi connectivity index (χ1v) is 8.55. The van der Waals surface area contributed by atoms with Crippen LogP contribution in [0, 0.1) is 0 Å². The van der Waals surface area contributed by atoms with Gasteiger partial charge in [-0.3, -0.25) is 4.79 Å². The Labute approximate surface area is 128 Å². The van der Waals surface area contributed by atoms with E-state index in [1.165, 1.54) is 0 Å². The highest BCUT2D eigenvalue weighted by molar-refractivity contribution is 7.90. The van der Waals surface area contributed by atoms with Crippen LogP contribution in [0.2, 0.25) is 0 Å². The van der Waals surface area contributed by atoms with Crippen LogP contribution in [0.3, 0.4) is 0 Å². The maximum absolute atomic E-state index is 12.2. The monoisotopic (exact) mass is 324 g/mol. The fourth-order valence-electron chi connectivity index (χ4n) is 2.31. The van der Waals surface area contributed by atoms with Gasteiger partial charge in [0.1, 0.15) is 0 Å². The smallest absolute Gasteiger partial charge is 0.417 e. The highest BCUT2D eigenvalue weighted by atomic mass is 32.2. The molecule has 2 amide bonds. The summed E-state index contributed by atoms with van der Waals surface area (Å²) in [4.78, 5) is 24.2. The molecule has 0 spiro atoms. The van der Waals surface area contributed by atoms with Crippen LogP contribution >= 0.6 is 0 Å². The molecule has 2 aliphatic rings. The van der Waals surface area contributed by atoms with E-state index in [9.17, 15) is 18.0 Å². The molecule has 0 bridgehead atoms. The van der Waals surface area contributed by atoms with E-state index in [4.69, 9.17) is 0 Å². The summed E-state index contributed by atoms with van der Waals surface area (Å²) >= 11 is 0. The number of cyclic esters (lactones) is 1. The molecule has 7 nitrogen and oxygen atoms in total. The summed E-state index contributed by atoms with van der Waals surface area (Å²) < 4.78 is 31.6. The van der Waals surface area contributed by atoms with Crippen molar-refractivity contribution in [2.24, 2.45) is 0 Å². The zero-order chi connectivity index (χ0) is 15.7. The first-order valence-electron chi connectivity index (χ1n) is 7.00. The molecule has 22 heavy (non-hydrogen) atoms. The van der Waals surface area contributed by atoms with Crippen molar-refractivity contribution < 1.29 is 22.7 Å². The van der Waals surface area contributed by atoms with Crippen molar-refractivity contribution in [3.63, 3.8) is 0 Å². The van der Waals surface area contributed by atoms with Gasteiger partial charge in [-0.2, -0.15) is 0 Å². The number of imide groups is 1. The molecule has 1 atom stereocenters. The van der Waals surface area contributed by atoms with Gasteiger partial charge in [-0.05, 0) is 18.4 Å². The van der Waals surface area contributed by atoms with Crippen LogP contribution in [0.1, 0.15) is 24.4 Å². The first-order chi connectivity index (χ1) is 10.5. The number of carbonyl (C=O) groups excluding carboxylic acids is 2. The molecule has 0 aromatic heterocycles. The number of nitrogens with one attached hydrogen (secondary N) is 1. The van der Waals surface area contributed by atoms with Gasteiger partial charge in [0, 0.05) is 0 Å². The van der Waals surface area contributed by atoms with Crippen LogP contribution in [0.4, 0.5) is 4.79 Å². The summed E-state index contributed by atoms with van der Waals surface area (Å²) in [6.45, 7) is -0.372. The molecule has 118 valence electrons. The van der Waals surface area contributed by atoms with E-state index in [-0.39, 0.29) is 18.4 Å². The lowest BCUT2D eigenvalue weighted by atomic mass is 10.1. The lowest BCUT2D eigenvalue weighted by Crippen LogP contribution is -2.41. The van der Waals surface area contributed by atoms with Crippen molar-refractivity contribution in [3.8, 4) is 0 Å². The third kappa shape index (κ3) is 3.12. The van der Waals surface area contributed by atoms with Crippen LogP contribution in [0.25, 0.3) is 0 Å². The lowest BCUT2D eigenvalue weighted by Gasteiger charge is -2.22. The maximum atomic E-state index is 12.2. The van der Waals surface area contributed by atoms with E-state index in [1.807, 2.05) is 6.07 Å². The third-order valence-electron chi connectivity index (χ3n) is 3.68. The summed E-state index contributed by atoms with van der Waals surface area (Å²) in [7, 11) is -3.45. The Balaban J connectivity index is 1.83. The highest BCUT2D eigenvalue weighted by Crippen LogP contribution is 2.29. The summed E-state index contributed by atoms with van der Waals surface area (Å²) in [6, 6.07) is 8.19. The number of amides is 2. The fraction of sp³-hybridized carbons (Fsp3) is 0.429. The van der Waals surface area contributed by atoms with Crippen LogP contribution in [-0.2, 0) is 19.6 Å². The Kier molecular flexibility index (Phi) is 3.88. The molecular weight excluding hydrogens is 308 g/mol. The first kappa shape index (κ1) is 15.0. The zero-order valence-corrected chi connectivity index (χ0v) is 12.6. The van der Waals surface area contributed by atoms with Crippen LogP contribution in [0.5, 0.6) is 0 Å². The van der Waals surface area contributed by atoms with E-state index in [0.29, 0.717) is 18.4 Å². The quantitative estimate of drug-likeness (QED) is 0.835. The Morgan fingerprint density at radius 2 is 1.91 bits per heavy atom. The molecule has 1 unspecified atom stereocenters. The number of ether oxygens (including phenoxy) is 1. The van der Waals surface area contributed by atoms with E-state index in [1.54, 1.807) is 24.3 Å². The van der Waals surface area contributed by atoms with Gasteiger partial charge in [-0.25, -0.2) is 22.8 Å². The minimum Gasteiger partial charge on any atom is -0.439 e. The van der Waals surface area contributed by atoms with Gasteiger partial charge in [-0.1, -0.05) is 30.3 Å². The Morgan fingerprint density at radius 1 is 1.23 bits per heavy atom. The van der Waals surface area contributed by atoms with E-state index >= 15 is 0 Å². The second-order valence-electron chi connectivity index (χ2n) is 5.38. The topological polar surface area (TPSA) is 92.8 Å². The molecule has 1 aromatic carbocycles. The van der Waals surface area contributed by atoms with Crippen molar-refractivity contribution in [1.82, 2.24) is 9.62 Å². The third-order valence-corrected chi connectivity index (χ3v) is 5.64. The van der Waals surface area contributed by atoms with Gasteiger partial charge in [-0.15, -0.1) is 0 Å².